The first-order valence-electron chi connectivity index (χ1n) is 5.79. The van der Waals surface area contributed by atoms with E-state index in [-0.39, 0.29) is 0 Å². The number of rotatable bonds is 4. The van der Waals surface area contributed by atoms with Crippen molar-refractivity contribution < 1.29 is 9.47 Å². The lowest BCUT2D eigenvalue weighted by Gasteiger charge is -2.15. The molecule has 0 atom stereocenters. The third-order valence-electron chi connectivity index (χ3n) is 2.48. The molecule has 0 aliphatic rings. The van der Waals surface area contributed by atoms with Crippen LogP contribution in [-0.4, -0.2) is 22.3 Å². The van der Waals surface area contributed by atoms with Crippen LogP contribution in [0.25, 0.3) is 5.57 Å². The molecular weight excluding hydrogens is 228 g/mol. The van der Waals surface area contributed by atoms with Crippen LogP contribution in [0.15, 0.2) is 23.9 Å². The minimum Gasteiger partial charge on any atom is -0.497 e. The normalized spacial score (nSPS) is 12.5. The molecule has 0 saturated heterocycles. The van der Waals surface area contributed by atoms with Crippen molar-refractivity contribution in [2.45, 2.75) is 26.6 Å². The Morgan fingerprint density at radius 1 is 1.12 bits per heavy atom. The zero-order valence-corrected chi connectivity index (χ0v) is 12.6. The summed E-state index contributed by atoms with van der Waals surface area (Å²) in [5, 5.41) is 0. The average Bonchev–Trinajstić information content (AvgIpc) is 2.25. The first kappa shape index (κ1) is 13.8. The average molecular weight is 250 g/mol. The number of methoxy groups -OCH3 is 2. The van der Waals surface area contributed by atoms with Crippen molar-refractivity contribution in [1.29, 1.82) is 0 Å². The molecule has 94 valence electrons. The monoisotopic (exact) mass is 250 g/mol. The Kier molecular flexibility index (Phi) is 4.40. The minimum absolute atomic E-state index is 0.865. The molecule has 0 aromatic heterocycles. The van der Waals surface area contributed by atoms with Crippen LogP contribution in [0, 0.1) is 0 Å². The highest BCUT2D eigenvalue weighted by molar-refractivity contribution is 6.81. The van der Waals surface area contributed by atoms with E-state index in [1.165, 1.54) is 5.57 Å². The smallest absolute Gasteiger partial charge is 0.126 e. The largest absolute Gasteiger partial charge is 0.497 e. The molecule has 0 saturated carbocycles. The summed E-state index contributed by atoms with van der Waals surface area (Å²) in [6.45, 7) is 9.10. The summed E-state index contributed by atoms with van der Waals surface area (Å²) in [4.78, 5) is 0. The third-order valence-corrected chi connectivity index (χ3v) is 3.78. The maximum absolute atomic E-state index is 5.40. The summed E-state index contributed by atoms with van der Waals surface area (Å²) in [5.41, 5.74) is 4.76. The highest BCUT2D eigenvalue weighted by Gasteiger charge is 2.13. The highest BCUT2D eigenvalue weighted by atomic mass is 28.3. The number of hydrogen-bond donors (Lipinski definition) is 0. The summed E-state index contributed by atoms with van der Waals surface area (Å²) in [6, 6.07) is 5.91. The Balaban J connectivity index is 3.23. The highest BCUT2D eigenvalue weighted by Crippen LogP contribution is 2.30. The van der Waals surface area contributed by atoms with Gasteiger partial charge in [0.05, 0.1) is 22.3 Å². The van der Waals surface area contributed by atoms with E-state index in [2.05, 4.69) is 32.3 Å². The van der Waals surface area contributed by atoms with Gasteiger partial charge in [-0.2, -0.15) is 0 Å². The lowest BCUT2D eigenvalue weighted by molar-refractivity contribution is 0.402. The van der Waals surface area contributed by atoms with Crippen molar-refractivity contribution in [2.24, 2.45) is 0 Å². The van der Waals surface area contributed by atoms with Gasteiger partial charge in [0, 0.05) is 5.56 Å². The van der Waals surface area contributed by atoms with Crippen molar-refractivity contribution in [1.82, 2.24) is 0 Å². The van der Waals surface area contributed by atoms with Crippen LogP contribution in [0.5, 0.6) is 11.5 Å². The molecule has 0 N–H and O–H groups in total. The van der Waals surface area contributed by atoms with Crippen LogP contribution in [0.1, 0.15) is 12.5 Å². The summed E-state index contributed by atoms with van der Waals surface area (Å²) < 4.78 is 10.7. The SMILES string of the molecule is COc1ccc(OC)c(C(C)=C[Si](C)(C)C)c1. The molecular formula is C14H22O2Si. The molecule has 0 aliphatic carbocycles. The predicted octanol–water partition coefficient (Wildman–Crippen LogP) is 3.98. The second kappa shape index (κ2) is 5.41. The van der Waals surface area contributed by atoms with Gasteiger partial charge < -0.3 is 9.47 Å². The molecule has 0 unspecified atom stereocenters. The summed E-state index contributed by atoms with van der Waals surface area (Å²) >= 11 is 0. The van der Waals surface area contributed by atoms with Gasteiger partial charge in [0.1, 0.15) is 11.5 Å². The summed E-state index contributed by atoms with van der Waals surface area (Å²) in [6.07, 6.45) is 0. The molecule has 0 spiro atoms. The summed E-state index contributed by atoms with van der Waals surface area (Å²) in [5.74, 6) is 1.77. The lowest BCUT2D eigenvalue weighted by Crippen LogP contribution is -2.16. The molecule has 0 fully saturated rings. The van der Waals surface area contributed by atoms with Gasteiger partial charge in [0.25, 0.3) is 0 Å². The third kappa shape index (κ3) is 3.93. The lowest BCUT2D eigenvalue weighted by atomic mass is 10.1. The molecule has 0 aliphatic heterocycles. The van der Waals surface area contributed by atoms with Crippen molar-refractivity contribution in [3.8, 4) is 11.5 Å². The van der Waals surface area contributed by atoms with Gasteiger partial charge in [-0.15, -0.1) is 0 Å². The fourth-order valence-corrected chi connectivity index (χ4v) is 3.30. The van der Waals surface area contributed by atoms with E-state index >= 15 is 0 Å². The fraction of sp³-hybridized carbons (Fsp3) is 0.429. The van der Waals surface area contributed by atoms with Crippen molar-refractivity contribution in [2.75, 3.05) is 14.2 Å². The first-order valence-corrected chi connectivity index (χ1v) is 9.37. The van der Waals surface area contributed by atoms with Crippen LogP contribution in [-0.2, 0) is 0 Å². The quantitative estimate of drug-likeness (QED) is 0.752. The Morgan fingerprint density at radius 2 is 1.76 bits per heavy atom. The van der Waals surface area contributed by atoms with Gasteiger partial charge in [-0.3, -0.25) is 0 Å². The van der Waals surface area contributed by atoms with E-state index in [1.807, 2.05) is 18.2 Å². The number of hydrogen-bond acceptors (Lipinski definition) is 2. The van der Waals surface area contributed by atoms with Crippen LogP contribution < -0.4 is 9.47 Å². The number of allylic oxidation sites excluding steroid dienone is 1. The van der Waals surface area contributed by atoms with E-state index in [0.29, 0.717) is 0 Å². The van der Waals surface area contributed by atoms with Gasteiger partial charge in [-0.05, 0) is 30.7 Å². The van der Waals surface area contributed by atoms with Crippen molar-refractivity contribution >= 4 is 13.6 Å². The molecule has 17 heavy (non-hydrogen) atoms. The molecule has 1 rings (SSSR count). The number of benzene rings is 1. The molecule has 2 nitrogen and oxygen atoms in total. The van der Waals surface area contributed by atoms with Gasteiger partial charge in [-0.1, -0.05) is 25.3 Å². The molecule has 0 radical (unpaired) electrons. The maximum Gasteiger partial charge on any atom is 0.126 e. The van der Waals surface area contributed by atoms with Gasteiger partial charge in [0.15, 0.2) is 0 Å². The van der Waals surface area contributed by atoms with E-state index in [4.69, 9.17) is 9.47 Å². The summed E-state index contributed by atoms with van der Waals surface area (Å²) in [7, 11) is 2.16. The molecule has 3 heteroatoms. The Bertz CT molecular complexity index is 417. The fourth-order valence-electron chi connectivity index (χ4n) is 1.85. The van der Waals surface area contributed by atoms with Gasteiger partial charge >= 0.3 is 0 Å². The van der Waals surface area contributed by atoms with Crippen molar-refractivity contribution in [3.05, 3.63) is 29.5 Å². The minimum atomic E-state index is -1.22. The second-order valence-electron chi connectivity index (χ2n) is 5.26. The van der Waals surface area contributed by atoms with E-state index in [0.717, 1.165) is 17.1 Å². The van der Waals surface area contributed by atoms with E-state index in [9.17, 15) is 0 Å². The van der Waals surface area contributed by atoms with E-state index < -0.39 is 8.07 Å². The molecule has 1 aromatic rings. The number of ether oxygens (including phenoxy) is 2. The molecule has 0 amide bonds. The predicted molar refractivity (Wildman–Crippen MR) is 76.5 cm³/mol. The molecule has 0 bridgehead atoms. The van der Waals surface area contributed by atoms with Crippen LogP contribution in [0.2, 0.25) is 19.6 Å². The maximum atomic E-state index is 5.40. The van der Waals surface area contributed by atoms with Gasteiger partial charge in [-0.25, -0.2) is 0 Å². The second-order valence-corrected chi connectivity index (χ2v) is 10.3. The Hall–Kier alpha value is -1.22. The van der Waals surface area contributed by atoms with Gasteiger partial charge in [0.2, 0.25) is 0 Å². The van der Waals surface area contributed by atoms with E-state index in [1.54, 1.807) is 14.2 Å². The molecule has 1 aromatic carbocycles. The Labute approximate surface area is 105 Å². The van der Waals surface area contributed by atoms with Crippen LogP contribution in [0.3, 0.4) is 0 Å². The zero-order valence-electron chi connectivity index (χ0n) is 11.6. The van der Waals surface area contributed by atoms with Crippen LogP contribution >= 0.6 is 0 Å². The zero-order chi connectivity index (χ0) is 13.1. The van der Waals surface area contributed by atoms with Crippen LogP contribution in [0.4, 0.5) is 0 Å². The first-order chi connectivity index (χ1) is 7.87. The topological polar surface area (TPSA) is 18.5 Å². The van der Waals surface area contributed by atoms with Crippen molar-refractivity contribution in [3.63, 3.8) is 0 Å². The standard InChI is InChI=1S/C14H22O2Si/c1-11(10-17(4,5)6)13-9-12(15-2)7-8-14(13)16-3/h7-10H,1-6H3. The Morgan fingerprint density at radius 3 is 2.24 bits per heavy atom. The molecule has 0 heterocycles.